The highest BCUT2D eigenvalue weighted by Crippen LogP contribution is 2.06. The Bertz CT molecular complexity index is 256. The summed E-state index contributed by atoms with van der Waals surface area (Å²) in [7, 11) is 0. The lowest BCUT2D eigenvalue weighted by Crippen LogP contribution is -2.52. The average molecular weight is 212 g/mol. The van der Waals surface area contributed by atoms with Crippen molar-refractivity contribution < 1.29 is 14.4 Å². The van der Waals surface area contributed by atoms with Crippen LogP contribution in [-0.2, 0) is 9.59 Å². The van der Waals surface area contributed by atoms with Crippen LogP contribution in [0.3, 0.4) is 0 Å². The van der Waals surface area contributed by atoms with Crippen molar-refractivity contribution in [3.8, 4) is 0 Å². The Hall–Kier alpha value is -1.39. The van der Waals surface area contributed by atoms with Gasteiger partial charge in [0.2, 0.25) is 11.8 Å². The van der Waals surface area contributed by atoms with Gasteiger partial charge in [-0.3, -0.25) is 19.8 Å². The van der Waals surface area contributed by atoms with Gasteiger partial charge in [0.05, 0.1) is 0 Å². The molecule has 0 spiro atoms. The van der Waals surface area contributed by atoms with E-state index in [9.17, 15) is 14.4 Å². The van der Waals surface area contributed by atoms with Gasteiger partial charge >= 0.3 is 6.03 Å². The standard InChI is InChI=1S/C10H16N2O3/c1-2-3-4-5-6-12-9(14)7-8(13)11-10(12)15/h2-7H2,1H3,(H,11,13,15). The molecule has 0 radical (unpaired) electrons. The normalized spacial score (nSPS) is 16.9. The molecule has 1 aliphatic heterocycles. The van der Waals surface area contributed by atoms with Gasteiger partial charge in [0, 0.05) is 6.54 Å². The Kier molecular flexibility index (Phi) is 4.27. The van der Waals surface area contributed by atoms with E-state index in [0.29, 0.717) is 6.54 Å². The number of imide groups is 2. The van der Waals surface area contributed by atoms with Crippen molar-refractivity contribution in [1.82, 2.24) is 10.2 Å². The fourth-order valence-electron chi connectivity index (χ4n) is 1.50. The lowest BCUT2D eigenvalue weighted by atomic mass is 10.2. The fraction of sp³-hybridized carbons (Fsp3) is 0.700. The summed E-state index contributed by atoms with van der Waals surface area (Å²) in [4.78, 5) is 34.5. The minimum absolute atomic E-state index is 0.209. The summed E-state index contributed by atoms with van der Waals surface area (Å²) >= 11 is 0. The molecule has 1 rings (SSSR count). The number of barbiturate groups is 1. The van der Waals surface area contributed by atoms with Gasteiger partial charge in [0.1, 0.15) is 6.42 Å². The lowest BCUT2D eigenvalue weighted by Gasteiger charge is -2.24. The molecule has 84 valence electrons. The number of rotatable bonds is 5. The predicted molar refractivity (Wildman–Crippen MR) is 54.0 cm³/mol. The number of unbranched alkanes of at least 4 members (excludes halogenated alkanes) is 3. The van der Waals surface area contributed by atoms with Crippen molar-refractivity contribution in [2.45, 2.75) is 39.0 Å². The van der Waals surface area contributed by atoms with E-state index in [0.717, 1.165) is 30.6 Å². The molecule has 1 N–H and O–H groups in total. The molecular weight excluding hydrogens is 196 g/mol. The number of carbonyl (C=O) groups excluding carboxylic acids is 3. The molecule has 1 saturated heterocycles. The number of urea groups is 1. The van der Waals surface area contributed by atoms with E-state index in [1.165, 1.54) is 0 Å². The van der Waals surface area contributed by atoms with E-state index in [2.05, 4.69) is 12.2 Å². The average Bonchev–Trinajstić information content (AvgIpc) is 2.15. The Morgan fingerprint density at radius 2 is 1.93 bits per heavy atom. The third kappa shape index (κ3) is 3.34. The lowest BCUT2D eigenvalue weighted by molar-refractivity contribution is -0.136. The van der Waals surface area contributed by atoms with E-state index in [4.69, 9.17) is 0 Å². The Morgan fingerprint density at radius 1 is 1.20 bits per heavy atom. The molecule has 0 unspecified atom stereocenters. The zero-order chi connectivity index (χ0) is 11.3. The van der Waals surface area contributed by atoms with Gasteiger partial charge < -0.3 is 0 Å². The molecule has 0 atom stereocenters. The zero-order valence-electron chi connectivity index (χ0n) is 8.91. The second kappa shape index (κ2) is 5.48. The van der Waals surface area contributed by atoms with E-state index < -0.39 is 11.9 Å². The molecule has 4 amide bonds. The Labute approximate surface area is 88.8 Å². The number of nitrogens with zero attached hydrogens (tertiary/aromatic N) is 1. The molecule has 0 aliphatic carbocycles. The van der Waals surface area contributed by atoms with Crippen LogP contribution in [0, 0.1) is 0 Å². The molecule has 1 fully saturated rings. The molecule has 0 bridgehead atoms. The molecular formula is C10H16N2O3. The fourth-order valence-corrected chi connectivity index (χ4v) is 1.50. The van der Waals surface area contributed by atoms with Crippen molar-refractivity contribution in [2.75, 3.05) is 6.54 Å². The van der Waals surface area contributed by atoms with Crippen molar-refractivity contribution in [2.24, 2.45) is 0 Å². The van der Waals surface area contributed by atoms with Crippen LogP contribution < -0.4 is 5.32 Å². The van der Waals surface area contributed by atoms with Crippen LogP contribution in [0.1, 0.15) is 39.0 Å². The SMILES string of the molecule is CCCCCCN1C(=O)CC(=O)NC1=O. The molecule has 1 aliphatic rings. The minimum Gasteiger partial charge on any atom is -0.277 e. The molecule has 0 aromatic heterocycles. The smallest absolute Gasteiger partial charge is 0.277 e. The Morgan fingerprint density at radius 3 is 2.53 bits per heavy atom. The van der Waals surface area contributed by atoms with Crippen molar-refractivity contribution >= 4 is 17.8 Å². The molecule has 0 aromatic carbocycles. The molecule has 5 heteroatoms. The van der Waals surface area contributed by atoms with Crippen LogP contribution in [0.4, 0.5) is 4.79 Å². The van der Waals surface area contributed by atoms with Crippen LogP contribution in [0.15, 0.2) is 0 Å². The molecule has 0 aromatic rings. The number of hydrogen-bond donors (Lipinski definition) is 1. The van der Waals surface area contributed by atoms with Gasteiger partial charge in [-0.25, -0.2) is 4.79 Å². The summed E-state index contributed by atoms with van der Waals surface area (Å²) in [5.41, 5.74) is 0. The van der Waals surface area contributed by atoms with Gasteiger partial charge in [0.25, 0.3) is 0 Å². The van der Waals surface area contributed by atoms with Crippen molar-refractivity contribution in [3.63, 3.8) is 0 Å². The van der Waals surface area contributed by atoms with Crippen LogP contribution in [-0.4, -0.2) is 29.3 Å². The van der Waals surface area contributed by atoms with Gasteiger partial charge in [-0.2, -0.15) is 0 Å². The van der Waals surface area contributed by atoms with Crippen molar-refractivity contribution in [1.29, 1.82) is 0 Å². The highest BCUT2D eigenvalue weighted by Gasteiger charge is 2.29. The van der Waals surface area contributed by atoms with E-state index in [1.807, 2.05) is 0 Å². The van der Waals surface area contributed by atoms with Gasteiger partial charge in [-0.1, -0.05) is 26.2 Å². The molecule has 5 nitrogen and oxygen atoms in total. The number of hydrogen-bond acceptors (Lipinski definition) is 3. The van der Waals surface area contributed by atoms with Crippen LogP contribution in [0.5, 0.6) is 0 Å². The second-order valence-electron chi connectivity index (χ2n) is 3.64. The first-order valence-corrected chi connectivity index (χ1v) is 5.29. The minimum atomic E-state index is -0.576. The third-order valence-electron chi connectivity index (χ3n) is 2.34. The topological polar surface area (TPSA) is 66.5 Å². The zero-order valence-corrected chi connectivity index (χ0v) is 8.91. The first-order valence-electron chi connectivity index (χ1n) is 5.29. The van der Waals surface area contributed by atoms with Gasteiger partial charge in [0.15, 0.2) is 0 Å². The van der Waals surface area contributed by atoms with E-state index >= 15 is 0 Å². The first-order chi connectivity index (χ1) is 7.15. The van der Waals surface area contributed by atoms with Crippen LogP contribution in [0.25, 0.3) is 0 Å². The quantitative estimate of drug-likeness (QED) is 0.547. The third-order valence-corrected chi connectivity index (χ3v) is 2.34. The van der Waals surface area contributed by atoms with E-state index in [-0.39, 0.29) is 12.3 Å². The molecule has 15 heavy (non-hydrogen) atoms. The summed E-state index contributed by atoms with van der Waals surface area (Å²) in [6.45, 7) is 2.51. The second-order valence-corrected chi connectivity index (χ2v) is 3.64. The summed E-state index contributed by atoms with van der Waals surface area (Å²) in [6.07, 6.45) is 3.81. The van der Waals surface area contributed by atoms with Crippen LogP contribution in [0.2, 0.25) is 0 Å². The highest BCUT2D eigenvalue weighted by atomic mass is 16.2. The maximum absolute atomic E-state index is 11.3. The Balaban J connectivity index is 2.36. The molecule has 0 saturated carbocycles. The van der Waals surface area contributed by atoms with Gasteiger partial charge in [-0.15, -0.1) is 0 Å². The summed E-state index contributed by atoms with van der Waals surface area (Å²) in [6, 6.07) is -0.576. The first kappa shape index (κ1) is 11.7. The summed E-state index contributed by atoms with van der Waals surface area (Å²) < 4.78 is 0. The number of carbonyl (C=O) groups is 3. The summed E-state index contributed by atoms with van der Waals surface area (Å²) in [5.74, 6) is -0.893. The maximum Gasteiger partial charge on any atom is 0.330 e. The largest absolute Gasteiger partial charge is 0.330 e. The van der Waals surface area contributed by atoms with Gasteiger partial charge in [-0.05, 0) is 6.42 Å². The van der Waals surface area contributed by atoms with E-state index in [1.54, 1.807) is 0 Å². The maximum atomic E-state index is 11.3. The van der Waals surface area contributed by atoms with Crippen molar-refractivity contribution in [3.05, 3.63) is 0 Å². The summed E-state index contributed by atoms with van der Waals surface area (Å²) in [5, 5.41) is 2.13. The number of nitrogens with one attached hydrogen (secondary N) is 1. The highest BCUT2D eigenvalue weighted by molar-refractivity contribution is 6.14. The number of amides is 4. The van der Waals surface area contributed by atoms with Crippen LogP contribution >= 0.6 is 0 Å². The predicted octanol–water partition coefficient (Wildman–Crippen LogP) is 1.04. The molecule has 1 heterocycles. The monoisotopic (exact) mass is 212 g/mol.